The second-order valence-electron chi connectivity index (χ2n) is 5.32. The lowest BCUT2D eigenvalue weighted by Gasteiger charge is -2.10. The number of fused-ring (bicyclic) bond motifs is 2. The molecule has 2 aromatic carbocycles. The predicted octanol–water partition coefficient (Wildman–Crippen LogP) is 2.75. The van der Waals surface area contributed by atoms with E-state index in [0.29, 0.717) is 6.54 Å². The number of nitrogens with one attached hydrogen (secondary N) is 1. The maximum atomic E-state index is 12.3. The minimum absolute atomic E-state index is 0.0357. The second-order valence-corrected chi connectivity index (χ2v) is 6.57. The van der Waals surface area contributed by atoms with Gasteiger partial charge in [0.25, 0.3) is 0 Å². The van der Waals surface area contributed by atoms with Crippen LogP contribution in [0.4, 0.5) is 0 Å². The summed E-state index contributed by atoms with van der Waals surface area (Å²) in [6.07, 6.45) is 0.799. The molecule has 0 spiro atoms. The highest BCUT2D eigenvalue weighted by atomic mass is 32.2. The molecular formula is C17H15NO3S. The van der Waals surface area contributed by atoms with Crippen LogP contribution < -0.4 is 14.8 Å². The third-order valence-corrected chi connectivity index (χ3v) is 5.16. The van der Waals surface area contributed by atoms with E-state index < -0.39 is 0 Å². The minimum Gasteiger partial charge on any atom is -0.454 e. The molecule has 2 heterocycles. The monoisotopic (exact) mass is 313 g/mol. The first-order valence-electron chi connectivity index (χ1n) is 7.20. The highest BCUT2D eigenvalue weighted by Gasteiger charge is 2.27. The molecule has 1 N–H and O–H groups in total. The van der Waals surface area contributed by atoms with E-state index in [1.807, 2.05) is 30.3 Å². The van der Waals surface area contributed by atoms with Crippen molar-refractivity contribution in [3.8, 4) is 11.5 Å². The molecule has 4 rings (SSSR count). The largest absolute Gasteiger partial charge is 0.454 e. The fraction of sp³-hybridized carbons (Fsp3) is 0.235. The van der Waals surface area contributed by atoms with Crippen molar-refractivity contribution in [3.05, 3.63) is 53.6 Å². The number of benzene rings is 2. The molecule has 4 nitrogen and oxygen atoms in total. The molecule has 22 heavy (non-hydrogen) atoms. The lowest BCUT2D eigenvalue weighted by atomic mass is 10.1. The van der Waals surface area contributed by atoms with Crippen LogP contribution in [0.3, 0.4) is 0 Å². The Bertz CT molecular complexity index is 707. The summed E-state index contributed by atoms with van der Waals surface area (Å²) in [4.78, 5) is 13.5. The molecule has 2 aliphatic heterocycles. The van der Waals surface area contributed by atoms with E-state index in [9.17, 15) is 4.79 Å². The third kappa shape index (κ3) is 2.52. The maximum Gasteiger partial charge on any atom is 0.234 e. The van der Waals surface area contributed by atoms with Gasteiger partial charge in [0.15, 0.2) is 11.5 Å². The summed E-state index contributed by atoms with van der Waals surface area (Å²) < 4.78 is 10.6. The van der Waals surface area contributed by atoms with Crippen LogP contribution in [0.1, 0.15) is 11.1 Å². The lowest BCUT2D eigenvalue weighted by Crippen LogP contribution is -2.31. The summed E-state index contributed by atoms with van der Waals surface area (Å²) in [5.74, 6) is 1.59. The summed E-state index contributed by atoms with van der Waals surface area (Å²) in [6.45, 7) is 0.769. The van der Waals surface area contributed by atoms with Gasteiger partial charge in [-0.1, -0.05) is 24.3 Å². The van der Waals surface area contributed by atoms with Crippen molar-refractivity contribution in [3.63, 3.8) is 0 Å². The Hall–Kier alpha value is -2.14. The summed E-state index contributed by atoms with van der Waals surface area (Å²) in [5.41, 5.74) is 2.27. The van der Waals surface area contributed by atoms with Crippen LogP contribution in [0.2, 0.25) is 0 Å². The first-order valence-corrected chi connectivity index (χ1v) is 8.08. The molecular weight excluding hydrogens is 298 g/mol. The molecule has 0 radical (unpaired) electrons. The fourth-order valence-corrected chi connectivity index (χ4v) is 3.90. The van der Waals surface area contributed by atoms with Crippen molar-refractivity contribution in [2.75, 3.05) is 6.79 Å². The van der Waals surface area contributed by atoms with Crippen molar-refractivity contribution in [1.82, 2.24) is 5.32 Å². The number of hydrogen-bond acceptors (Lipinski definition) is 4. The van der Waals surface area contributed by atoms with E-state index in [1.165, 1.54) is 10.5 Å². The predicted molar refractivity (Wildman–Crippen MR) is 84.2 cm³/mol. The van der Waals surface area contributed by atoms with Gasteiger partial charge < -0.3 is 14.8 Å². The normalized spacial score (nSPS) is 18.1. The Kier molecular flexibility index (Phi) is 3.42. The lowest BCUT2D eigenvalue weighted by molar-refractivity contribution is -0.120. The molecule has 1 amide bonds. The molecule has 0 saturated heterocycles. The topological polar surface area (TPSA) is 47.6 Å². The Morgan fingerprint density at radius 3 is 2.95 bits per heavy atom. The molecule has 0 fully saturated rings. The van der Waals surface area contributed by atoms with Gasteiger partial charge in [0, 0.05) is 11.4 Å². The molecule has 2 aromatic rings. The van der Waals surface area contributed by atoms with Gasteiger partial charge in [-0.05, 0) is 35.7 Å². The number of amides is 1. The molecule has 0 unspecified atom stereocenters. The first-order chi connectivity index (χ1) is 10.8. The molecule has 0 aromatic heterocycles. The zero-order valence-corrected chi connectivity index (χ0v) is 12.7. The van der Waals surface area contributed by atoms with Crippen molar-refractivity contribution in [1.29, 1.82) is 0 Å². The number of ether oxygens (including phenoxy) is 2. The highest BCUT2D eigenvalue weighted by molar-refractivity contribution is 8.01. The van der Waals surface area contributed by atoms with Crippen LogP contribution >= 0.6 is 11.8 Å². The SMILES string of the molecule is O=C(NCc1ccc2c(c1)OCO2)[C@H]1Cc2ccccc2S1. The van der Waals surface area contributed by atoms with Crippen LogP contribution in [0.15, 0.2) is 47.4 Å². The number of carbonyl (C=O) groups is 1. The average molecular weight is 313 g/mol. The highest BCUT2D eigenvalue weighted by Crippen LogP contribution is 2.37. The zero-order valence-electron chi connectivity index (χ0n) is 11.9. The van der Waals surface area contributed by atoms with Crippen LogP contribution in [0.25, 0.3) is 0 Å². The van der Waals surface area contributed by atoms with Gasteiger partial charge in [0.05, 0.1) is 5.25 Å². The standard InChI is InChI=1S/C17H15NO3S/c19-17(16-8-12-3-1-2-4-15(12)22-16)18-9-11-5-6-13-14(7-11)21-10-20-13/h1-7,16H,8-10H2,(H,18,19)/t16-/m1/s1. The summed E-state index contributed by atoms with van der Waals surface area (Å²) in [6, 6.07) is 13.9. The minimum atomic E-state index is -0.0357. The van der Waals surface area contributed by atoms with Gasteiger partial charge in [0.1, 0.15) is 0 Å². The average Bonchev–Trinajstić information content (AvgIpc) is 3.18. The molecule has 2 aliphatic rings. The van der Waals surface area contributed by atoms with Gasteiger partial charge in [-0.25, -0.2) is 0 Å². The number of hydrogen-bond donors (Lipinski definition) is 1. The summed E-state index contributed by atoms with van der Waals surface area (Å²) in [5, 5.41) is 2.98. The summed E-state index contributed by atoms with van der Waals surface area (Å²) in [7, 11) is 0. The van der Waals surface area contributed by atoms with Crippen LogP contribution in [-0.4, -0.2) is 18.0 Å². The molecule has 0 aliphatic carbocycles. The number of thioether (sulfide) groups is 1. The van der Waals surface area contributed by atoms with E-state index in [1.54, 1.807) is 11.8 Å². The number of rotatable bonds is 3. The van der Waals surface area contributed by atoms with Gasteiger partial charge >= 0.3 is 0 Å². The smallest absolute Gasteiger partial charge is 0.234 e. The van der Waals surface area contributed by atoms with E-state index in [4.69, 9.17) is 9.47 Å². The second kappa shape index (κ2) is 5.57. The Labute approximate surface area is 132 Å². The molecule has 112 valence electrons. The van der Waals surface area contributed by atoms with Crippen LogP contribution in [-0.2, 0) is 17.8 Å². The fourth-order valence-electron chi connectivity index (χ4n) is 2.68. The maximum absolute atomic E-state index is 12.3. The van der Waals surface area contributed by atoms with E-state index in [2.05, 4.69) is 17.4 Å². The molecule has 0 bridgehead atoms. The Balaban J connectivity index is 1.37. The molecule has 0 saturated carbocycles. The Morgan fingerprint density at radius 2 is 2.05 bits per heavy atom. The molecule has 1 atom stereocenters. The number of carbonyl (C=O) groups excluding carboxylic acids is 1. The third-order valence-electron chi connectivity index (χ3n) is 3.84. The van der Waals surface area contributed by atoms with Crippen molar-refractivity contribution < 1.29 is 14.3 Å². The van der Waals surface area contributed by atoms with Gasteiger partial charge in [0.2, 0.25) is 12.7 Å². The van der Waals surface area contributed by atoms with Crippen LogP contribution in [0, 0.1) is 0 Å². The van der Waals surface area contributed by atoms with Gasteiger partial charge in [-0.3, -0.25) is 4.79 Å². The van der Waals surface area contributed by atoms with E-state index >= 15 is 0 Å². The van der Waals surface area contributed by atoms with Crippen molar-refractivity contribution in [2.45, 2.75) is 23.1 Å². The van der Waals surface area contributed by atoms with Crippen LogP contribution in [0.5, 0.6) is 11.5 Å². The Morgan fingerprint density at radius 1 is 1.18 bits per heavy atom. The molecule has 5 heteroatoms. The van der Waals surface area contributed by atoms with Gasteiger partial charge in [-0.15, -0.1) is 11.8 Å². The van der Waals surface area contributed by atoms with E-state index in [-0.39, 0.29) is 18.0 Å². The van der Waals surface area contributed by atoms with Crippen molar-refractivity contribution >= 4 is 17.7 Å². The summed E-state index contributed by atoms with van der Waals surface area (Å²) >= 11 is 1.64. The van der Waals surface area contributed by atoms with Gasteiger partial charge in [-0.2, -0.15) is 0 Å². The first kappa shape index (κ1) is 13.5. The van der Waals surface area contributed by atoms with Crippen molar-refractivity contribution in [2.24, 2.45) is 0 Å². The zero-order chi connectivity index (χ0) is 14.9. The van der Waals surface area contributed by atoms with E-state index in [0.717, 1.165) is 23.5 Å². The quantitative estimate of drug-likeness (QED) is 0.946.